The first-order chi connectivity index (χ1) is 14.8. The second-order valence-electron chi connectivity index (χ2n) is 7.61. The highest BCUT2D eigenvalue weighted by molar-refractivity contribution is 6.04. The zero-order valence-electron chi connectivity index (χ0n) is 17.5. The molecule has 9 heteroatoms. The standard InChI is InChI=1S/C22H27N5O4/c1-26(2)13-14-3-9-17(10-4-14)27-11-12-31-19(22(27)30)18(28)21(29)25-16-7-5-15(6-8-16)20(23)24/h3-10,18-19,28H,11-13H2,1-2H3,(H3,23,24)(H,25,29)/t18-,19-/m1/s1. The van der Waals surface area contributed by atoms with E-state index < -0.39 is 24.0 Å². The van der Waals surface area contributed by atoms with Crippen LogP contribution in [0.25, 0.3) is 0 Å². The summed E-state index contributed by atoms with van der Waals surface area (Å²) in [5.41, 5.74) is 8.13. The number of hydrogen-bond acceptors (Lipinski definition) is 6. The van der Waals surface area contributed by atoms with Crippen molar-refractivity contribution >= 4 is 29.0 Å². The molecule has 0 saturated carbocycles. The Bertz CT molecular complexity index is 943. The van der Waals surface area contributed by atoms with Crippen LogP contribution in [-0.4, -0.2) is 67.1 Å². The third kappa shape index (κ3) is 5.46. The molecule has 0 bridgehead atoms. The summed E-state index contributed by atoms with van der Waals surface area (Å²) in [5.74, 6) is -1.31. The van der Waals surface area contributed by atoms with Crippen LogP contribution >= 0.6 is 0 Å². The van der Waals surface area contributed by atoms with Crippen molar-refractivity contribution in [3.05, 3.63) is 59.7 Å². The number of aliphatic hydroxyl groups excluding tert-OH is 1. The number of rotatable bonds is 7. The summed E-state index contributed by atoms with van der Waals surface area (Å²) in [5, 5.41) is 20.4. The van der Waals surface area contributed by atoms with Crippen molar-refractivity contribution < 1.29 is 19.4 Å². The van der Waals surface area contributed by atoms with Crippen LogP contribution in [0.2, 0.25) is 0 Å². The molecule has 3 rings (SSSR count). The summed E-state index contributed by atoms with van der Waals surface area (Å²) < 4.78 is 5.44. The number of carbonyl (C=O) groups excluding carboxylic acids is 2. The molecule has 9 nitrogen and oxygen atoms in total. The summed E-state index contributed by atoms with van der Waals surface area (Å²) in [6.07, 6.45) is -2.97. The Morgan fingerprint density at radius 1 is 1.26 bits per heavy atom. The summed E-state index contributed by atoms with van der Waals surface area (Å²) in [6, 6.07) is 13.9. The molecule has 0 unspecified atom stereocenters. The number of amidine groups is 1. The summed E-state index contributed by atoms with van der Waals surface area (Å²) >= 11 is 0. The fourth-order valence-electron chi connectivity index (χ4n) is 3.32. The minimum atomic E-state index is -1.67. The normalized spacial score (nSPS) is 17.5. The van der Waals surface area contributed by atoms with Gasteiger partial charge in [0.2, 0.25) is 0 Å². The van der Waals surface area contributed by atoms with Crippen LogP contribution in [0.3, 0.4) is 0 Å². The molecule has 31 heavy (non-hydrogen) atoms. The van der Waals surface area contributed by atoms with Gasteiger partial charge in [-0.3, -0.25) is 15.0 Å². The van der Waals surface area contributed by atoms with Crippen LogP contribution in [0.5, 0.6) is 0 Å². The highest BCUT2D eigenvalue weighted by Gasteiger charge is 2.39. The maximum atomic E-state index is 12.9. The van der Waals surface area contributed by atoms with Crippen molar-refractivity contribution in [3.63, 3.8) is 0 Å². The van der Waals surface area contributed by atoms with Gasteiger partial charge in [-0.2, -0.15) is 0 Å². The molecular weight excluding hydrogens is 398 g/mol. The molecule has 1 aliphatic rings. The van der Waals surface area contributed by atoms with E-state index in [1.54, 1.807) is 24.3 Å². The van der Waals surface area contributed by atoms with Crippen LogP contribution in [0.1, 0.15) is 11.1 Å². The number of ether oxygens (including phenoxy) is 1. The molecule has 1 heterocycles. The van der Waals surface area contributed by atoms with Gasteiger partial charge in [0.1, 0.15) is 5.84 Å². The number of aliphatic hydroxyl groups is 1. The molecule has 2 atom stereocenters. The summed E-state index contributed by atoms with van der Waals surface area (Å²) in [6.45, 7) is 1.32. The molecule has 0 aromatic heterocycles. The third-order valence-electron chi connectivity index (χ3n) is 4.89. The number of benzene rings is 2. The number of nitrogens with zero attached hydrogens (tertiary/aromatic N) is 2. The molecule has 0 aliphatic carbocycles. The van der Waals surface area contributed by atoms with Crippen molar-refractivity contribution in [2.24, 2.45) is 5.73 Å². The lowest BCUT2D eigenvalue weighted by atomic mass is 10.1. The minimum Gasteiger partial charge on any atom is -0.384 e. The van der Waals surface area contributed by atoms with Gasteiger partial charge in [0.15, 0.2) is 12.2 Å². The number of hydrogen-bond donors (Lipinski definition) is 4. The first kappa shape index (κ1) is 22.4. The number of morpholine rings is 1. The Morgan fingerprint density at radius 3 is 2.48 bits per heavy atom. The molecular formula is C22H27N5O4. The Morgan fingerprint density at radius 2 is 1.90 bits per heavy atom. The van der Waals surface area contributed by atoms with E-state index in [0.29, 0.717) is 23.5 Å². The van der Waals surface area contributed by atoms with Gasteiger partial charge >= 0.3 is 0 Å². The minimum absolute atomic E-state index is 0.0889. The number of anilines is 2. The summed E-state index contributed by atoms with van der Waals surface area (Å²) in [4.78, 5) is 29.0. The van der Waals surface area contributed by atoms with Gasteiger partial charge < -0.3 is 30.7 Å². The predicted molar refractivity (Wildman–Crippen MR) is 118 cm³/mol. The van der Waals surface area contributed by atoms with Crippen molar-refractivity contribution in [3.8, 4) is 0 Å². The van der Waals surface area contributed by atoms with Gasteiger partial charge in [0.05, 0.1) is 6.61 Å². The second kappa shape index (κ2) is 9.69. The van der Waals surface area contributed by atoms with Gasteiger partial charge in [-0.1, -0.05) is 12.1 Å². The monoisotopic (exact) mass is 425 g/mol. The average molecular weight is 425 g/mol. The quantitative estimate of drug-likeness (QED) is 0.383. The molecule has 5 N–H and O–H groups in total. The highest BCUT2D eigenvalue weighted by Crippen LogP contribution is 2.22. The van der Waals surface area contributed by atoms with Crippen LogP contribution in [-0.2, 0) is 20.9 Å². The Kier molecular flexibility index (Phi) is 7.01. The van der Waals surface area contributed by atoms with E-state index in [1.165, 1.54) is 4.90 Å². The van der Waals surface area contributed by atoms with Crippen molar-refractivity contribution in [2.45, 2.75) is 18.8 Å². The second-order valence-corrected chi connectivity index (χ2v) is 7.61. The van der Waals surface area contributed by atoms with Crippen molar-refractivity contribution in [1.82, 2.24) is 4.90 Å². The smallest absolute Gasteiger partial charge is 0.259 e. The van der Waals surface area contributed by atoms with E-state index in [2.05, 4.69) is 5.32 Å². The summed E-state index contributed by atoms with van der Waals surface area (Å²) in [7, 11) is 3.96. The lowest BCUT2D eigenvalue weighted by molar-refractivity contribution is -0.150. The predicted octanol–water partition coefficient (Wildman–Crippen LogP) is 0.764. The highest BCUT2D eigenvalue weighted by atomic mass is 16.5. The van der Waals surface area contributed by atoms with Gasteiger partial charge in [0.25, 0.3) is 11.8 Å². The van der Waals surface area contributed by atoms with Crippen LogP contribution in [0, 0.1) is 5.41 Å². The van der Waals surface area contributed by atoms with E-state index in [9.17, 15) is 14.7 Å². The lowest BCUT2D eigenvalue weighted by Crippen LogP contribution is -2.55. The first-order valence-corrected chi connectivity index (χ1v) is 9.86. The topological polar surface area (TPSA) is 132 Å². The number of carbonyl (C=O) groups is 2. The van der Waals surface area contributed by atoms with Crippen molar-refractivity contribution in [2.75, 3.05) is 37.5 Å². The molecule has 2 amide bonds. The zero-order chi connectivity index (χ0) is 22.5. The van der Waals surface area contributed by atoms with Crippen LogP contribution < -0.4 is 16.0 Å². The maximum absolute atomic E-state index is 12.9. The fourth-order valence-corrected chi connectivity index (χ4v) is 3.32. The zero-order valence-corrected chi connectivity index (χ0v) is 17.5. The van der Waals surface area contributed by atoms with Crippen LogP contribution in [0.15, 0.2) is 48.5 Å². The maximum Gasteiger partial charge on any atom is 0.259 e. The molecule has 2 aromatic carbocycles. The fraction of sp³-hybridized carbons (Fsp3) is 0.318. The van der Waals surface area contributed by atoms with Gasteiger partial charge in [0, 0.05) is 30.0 Å². The Balaban J connectivity index is 1.66. The third-order valence-corrected chi connectivity index (χ3v) is 4.89. The Hall–Kier alpha value is -3.27. The number of amides is 2. The van der Waals surface area contributed by atoms with E-state index in [-0.39, 0.29) is 12.4 Å². The van der Waals surface area contributed by atoms with Gasteiger partial charge in [-0.15, -0.1) is 0 Å². The molecule has 1 saturated heterocycles. The molecule has 164 valence electrons. The number of nitrogens with one attached hydrogen (secondary N) is 2. The lowest BCUT2D eigenvalue weighted by Gasteiger charge is -2.34. The van der Waals surface area contributed by atoms with Gasteiger partial charge in [-0.05, 0) is 56.1 Å². The molecule has 1 fully saturated rings. The largest absolute Gasteiger partial charge is 0.384 e. The number of nitrogen functional groups attached to an aromatic ring is 1. The SMILES string of the molecule is CN(C)Cc1ccc(N2CCO[C@H]([C@@H](O)C(=O)Nc3ccc(C(=N)N)cc3)C2=O)cc1. The van der Waals surface area contributed by atoms with Crippen LogP contribution in [0.4, 0.5) is 11.4 Å². The molecule has 0 spiro atoms. The molecule has 0 radical (unpaired) electrons. The number of nitrogens with two attached hydrogens (primary N) is 1. The molecule has 2 aromatic rings. The van der Waals surface area contributed by atoms with E-state index in [4.69, 9.17) is 15.9 Å². The molecule has 1 aliphatic heterocycles. The van der Waals surface area contributed by atoms with Crippen molar-refractivity contribution in [1.29, 1.82) is 5.41 Å². The van der Waals surface area contributed by atoms with E-state index in [0.717, 1.165) is 12.1 Å². The average Bonchev–Trinajstić information content (AvgIpc) is 2.74. The van der Waals surface area contributed by atoms with E-state index >= 15 is 0 Å². The Labute approximate surface area is 180 Å². The first-order valence-electron chi connectivity index (χ1n) is 9.86. The van der Waals surface area contributed by atoms with E-state index in [1.807, 2.05) is 43.3 Å². The van der Waals surface area contributed by atoms with Gasteiger partial charge in [-0.25, -0.2) is 0 Å².